The third-order valence-corrected chi connectivity index (χ3v) is 3.99. The third-order valence-electron chi connectivity index (χ3n) is 3.99. The van der Waals surface area contributed by atoms with Crippen LogP contribution in [0.4, 0.5) is 0 Å². The molecule has 0 aliphatic carbocycles. The maximum Gasteiger partial charge on any atom is 0.266 e. The number of hydrogen-bond acceptors (Lipinski definition) is 4. The molecule has 0 fully saturated rings. The van der Waals surface area contributed by atoms with Crippen LogP contribution in [-0.2, 0) is 0 Å². The molecular formula is C20H18O4. The number of methoxy groups -OCH3 is 3. The van der Waals surface area contributed by atoms with Crippen molar-refractivity contribution in [1.29, 1.82) is 0 Å². The molecule has 0 bridgehead atoms. The average molecular weight is 322 g/mol. The molecule has 3 aromatic rings. The van der Waals surface area contributed by atoms with Crippen LogP contribution in [-0.4, -0.2) is 21.3 Å². The smallest absolute Gasteiger partial charge is 0.266 e. The Morgan fingerprint density at radius 2 is 1.38 bits per heavy atom. The summed E-state index contributed by atoms with van der Waals surface area (Å²) in [5, 5.41) is 2.14. The summed E-state index contributed by atoms with van der Waals surface area (Å²) in [4.78, 5) is 12.8. The molecule has 0 aliphatic rings. The second-order valence-corrected chi connectivity index (χ2v) is 5.24. The molecule has 3 rings (SSSR count). The molecule has 0 saturated heterocycles. The first-order valence-electron chi connectivity index (χ1n) is 7.52. The van der Waals surface area contributed by atoms with Crippen LogP contribution in [0.3, 0.4) is 0 Å². The van der Waals surface area contributed by atoms with E-state index in [1.54, 1.807) is 6.07 Å². The van der Waals surface area contributed by atoms with Gasteiger partial charge in [0.2, 0.25) is 5.75 Å². The van der Waals surface area contributed by atoms with E-state index < -0.39 is 0 Å². The van der Waals surface area contributed by atoms with Crippen molar-refractivity contribution in [1.82, 2.24) is 0 Å². The summed E-state index contributed by atoms with van der Waals surface area (Å²) in [6.07, 6.45) is 0. The molecule has 0 aliphatic heterocycles. The number of rotatable bonds is 4. The maximum atomic E-state index is 12.8. The lowest BCUT2D eigenvalue weighted by molar-refractivity contribution is 0.349. The second-order valence-electron chi connectivity index (χ2n) is 5.24. The van der Waals surface area contributed by atoms with Crippen LogP contribution in [0.15, 0.2) is 59.4 Å². The minimum Gasteiger partial charge on any atom is -0.493 e. The van der Waals surface area contributed by atoms with Crippen molar-refractivity contribution >= 4 is 10.8 Å². The molecule has 0 saturated carbocycles. The number of hydrogen-bond donors (Lipinski definition) is 0. The fraction of sp³-hybridized carbons (Fsp3) is 0.150. The largest absolute Gasteiger partial charge is 0.493 e. The fourth-order valence-electron chi connectivity index (χ4n) is 2.88. The zero-order valence-electron chi connectivity index (χ0n) is 13.8. The van der Waals surface area contributed by atoms with E-state index >= 15 is 0 Å². The molecule has 3 aromatic carbocycles. The van der Waals surface area contributed by atoms with Crippen LogP contribution in [0, 0.1) is 0 Å². The molecule has 122 valence electrons. The normalized spacial score (nSPS) is 10.5. The maximum absolute atomic E-state index is 12.8. The summed E-state index contributed by atoms with van der Waals surface area (Å²) in [5.41, 5.74) is 1.27. The third kappa shape index (κ3) is 2.56. The van der Waals surface area contributed by atoms with Crippen LogP contribution in [0.2, 0.25) is 0 Å². The number of fused-ring (bicyclic) bond motifs is 1. The fourth-order valence-corrected chi connectivity index (χ4v) is 2.88. The number of benzene rings is 2. The van der Waals surface area contributed by atoms with Crippen LogP contribution in [0.5, 0.6) is 17.2 Å². The van der Waals surface area contributed by atoms with E-state index in [2.05, 4.69) is 0 Å². The molecule has 0 amide bonds. The van der Waals surface area contributed by atoms with Crippen molar-refractivity contribution in [3.63, 3.8) is 0 Å². The summed E-state index contributed by atoms with van der Waals surface area (Å²) in [5.74, 6) is 0.722. The van der Waals surface area contributed by atoms with E-state index in [1.165, 1.54) is 21.3 Å². The van der Waals surface area contributed by atoms with Crippen molar-refractivity contribution in [3.05, 3.63) is 64.8 Å². The Hall–Kier alpha value is -3.01. The Labute approximate surface area is 140 Å². The van der Waals surface area contributed by atoms with Gasteiger partial charge in [-0.3, -0.25) is 4.79 Å². The van der Waals surface area contributed by atoms with Crippen molar-refractivity contribution in [2.45, 2.75) is 0 Å². The van der Waals surface area contributed by atoms with Crippen LogP contribution >= 0.6 is 0 Å². The molecule has 0 heterocycles. The molecule has 24 heavy (non-hydrogen) atoms. The van der Waals surface area contributed by atoms with Gasteiger partial charge in [0.15, 0.2) is 11.5 Å². The van der Waals surface area contributed by atoms with E-state index in [1.807, 2.05) is 48.5 Å². The van der Waals surface area contributed by atoms with E-state index in [-0.39, 0.29) is 16.9 Å². The first-order valence-corrected chi connectivity index (χ1v) is 7.52. The lowest BCUT2D eigenvalue weighted by atomic mass is 9.99. The van der Waals surface area contributed by atoms with Crippen LogP contribution < -0.4 is 19.6 Å². The minimum absolute atomic E-state index is 0.126. The first-order chi connectivity index (χ1) is 11.7. The Bertz CT molecular complexity index is 942. The van der Waals surface area contributed by atoms with Gasteiger partial charge in [-0.25, -0.2) is 0 Å². The predicted molar refractivity (Wildman–Crippen MR) is 95.3 cm³/mol. The zero-order chi connectivity index (χ0) is 17.1. The lowest BCUT2D eigenvalue weighted by Gasteiger charge is -2.09. The van der Waals surface area contributed by atoms with Gasteiger partial charge in [0, 0.05) is 5.56 Å². The van der Waals surface area contributed by atoms with E-state index in [0.717, 1.165) is 16.3 Å². The molecule has 4 heteroatoms. The van der Waals surface area contributed by atoms with Gasteiger partial charge in [-0.2, -0.15) is 0 Å². The zero-order valence-corrected chi connectivity index (χ0v) is 13.8. The minimum atomic E-state index is -0.343. The summed E-state index contributed by atoms with van der Waals surface area (Å²) in [6, 6.07) is 17.5. The van der Waals surface area contributed by atoms with Gasteiger partial charge in [0.25, 0.3) is 5.43 Å². The Morgan fingerprint density at radius 3 is 2.08 bits per heavy atom. The Balaban J connectivity index is 2.42. The van der Waals surface area contributed by atoms with Gasteiger partial charge in [-0.15, -0.1) is 0 Å². The molecule has 0 N–H and O–H groups in total. The molecule has 0 radical (unpaired) electrons. The second kappa shape index (κ2) is 6.62. The van der Waals surface area contributed by atoms with Gasteiger partial charge in [0.1, 0.15) is 0 Å². The quantitative estimate of drug-likeness (QED) is 0.731. The van der Waals surface area contributed by atoms with Crippen LogP contribution in [0.1, 0.15) is 0 Å². The monoisotopic (exact) mass is 322 g/mol. The van der Waals surface area contributed by atoms with Gasteiger partial charge < -0.3 is 14.2 Å². The average Bonchev–Trinajstić information content (AvgIpc) is 2.76. The van der Waals surface area contributed by atoms with Gasteiger partial charge in [-0.05, 0) is 28.5 Å². The van der Waals surface area contributed by atoms with Crippen molar-refractivity contribution < 1.29 is 14.2 Å². The highest BCUT2D eigenvalue weighted by atomic mass is 16.5. The summed E-state index contributed by atoms with van der Waals surface area (Å²) in [6.45, 7) is 0. The van der Waals surface area contributed by atoms with E-state index in [0.29, 0.717) is 11.3 Å². The summed E-state index contributed by atoms with van der Waals surface area (Å²) in [7, 11) is 4.43. The molecule has 4 nitrogen and oxygen atoms in total. The predicted octanol–water partition coefficient (Wildman–Crippen LogP) is 3.89. The topological polar surface area (TPSA) is 44.8 Å². The Morgan fingerprint density at radius 1 is 0.667 bits per heavy atom. The molecule has 0 unspecified atom stereocenters. The molecule has 0 aromatic heterocycles. The van der Waals surface area contributed by atoms with Gasteiger partial charge in [0.05, 0.1) is 21.3 Å². The van der Waals surface area contributed by atoms with Crippen LogP contribution in [0.25, 0.3) is 21.9 Å². The van der Waals surface area contributed by atoms with Gasteiger partial charge >= 0.3 is 0 Å². The highest BCUT2D eigenvalue weighted by Crippen LogP contribution is 2.35. The standard InChI is InChI=1S/C20H18O4/c1-22-17-12-11-16(19(23-2)18(21)20(17)24-3)15-10-6-8-13-7-4-5-9-14(13)15/h4-12H,1-3H3. The number of ether oxygens (including phenoxy) is 3. The first kappa shape index (κ1) is 15.9. The highest BCUT2D eigenvalue weighted by molar-refractivity contribution is 5.98. The summed E-state index contributed by atoms with van der Waals surface area (Å²) < 4.78 is 15.9. The van der Waals surface area contributed by atoms with Crippen molar-refractivity contribution in [2.75, 3.05) is 21.3 Å². The van der Waals surface area contributed by atoms with E-state index in [9.17, 15) is 4.79 Å². The van der Waals surface area contributed by atoms with Crippen molar-refractivity contribution in [3.8, 4) is 28.4 Å². The van der Waals surface area contributed by atoms with Gasteiger partial charge in [-0.1, -0.05) is 42.5 Å². The molecule has 0 spiro atoms. The molecule has 0 atom stereocenters. The highest BCUT2D eigenvalue weighted by Gasteiger charge is 2.17. The van der Waals surface area contributed by atoms with E-state index in [4.69, 9.17) is 14.2 Å². The molecular weight excluding hydrogens is 304 g/mol. The SMILES string of the molecule is COc1ccc(-c2cccc3ccccc23)c(OC)c(=O)c1OC. The Kier molecular flexibility index (Phi) is 4.38. The van der Waals surface area contributed by atoms with Crippen molar-refractivity contribution in [2.24, 2.45) is 0 Å². The summed E-state index contributed by atoms with van der Waals surface area (Å²) >= 11 is 0. The lowest BCUT2D eigenvalue weighted by Crippen LogP contribution is -2.08.